The summed E-state index contributed by atoms with van der Waals surface area (Å²) < 4.78 is 5.91. The van der Waals surface area contributed by atoms with Gasteiger partial charge in [0.15, 0.2) is 5.69 Å². The molecule has 0 bridgehead atoms. The van der Waals surface area contributed by atoms with Gasteiger partial charge in [-0.25, -0.2) is 9.97 Å². The van der Waals surface area contributed by atoms with Gasteiger partial charge in [-0.2, -0.15) is 0 Å². The molecule has 0 unspecified atom stereocenters. The molecule has 1 amide bonds. The molecular formula is C19H24N4O2S. The van der Waals surface area contributed by atoms with Crippen molar-refractivity contribution in [2.75, 3.05) is 6.61 Å². The van der Waals surface area contributed by atoms with E-state index in [1.165, 1.54) is 12.8 Å². The molecule has 2 aromatic rings. The van der Waals surface area contributed by atoms with Crippen LogP contribution < -0.4 is 10.1 Å². The molecule has 0 radical (unpaired) electrons. The van der Waals surface area contributed by atoms with Crippen LogP contribution in [-0.4, -0.2) is 27.5 Å². The lowest BCUT2D eigenvalue weighted by Crippen LogP contribution is -2.41. The van der Waals surface area contributed by atoms with Crippen molar-refractivity contribution in [3.05, 3.63) is 33.7 Å². The number of aryl methyl sites for hydroxylation is 1. The summed E-state index contributed by atoms with van der Waals surface area (Å²) in [6, 6.07) is 0. The van der Waals surface area contributed by atoms with Crippen molar-refractivity contribution >= 4 is 17.2 Å². The van der Waals surface area contributed by atoms with Gasteiger partial charge in [-0.3, -0.25) is 9.78 Å². The first-order valence-electron chi connectivity index (χ1n) is 9.17. The molecule has 2 aliphatic carbocycles. The van der Waals surface area contributed by atoms with Crippen LogP contribution in [0.2, 0.25) is 0 Å². The zero-order chi connectivity index (χ0) is 18.3. The van der Waals surface area contributed by atoms with Gasteiger partial charge in [0, 0.05) is 17.0 Å². The van der Waals surface area contributed by atoms with E-state index < -0.39 is 5.54 Å². The molecule has 0 aromatic carbocycles. The second-order valence-corrected chi connectivity index (χ2v) is 9.06. The highest BCUT2D eigenvalue weighted by atomic mass is 32.1. The number of thiazole rings is 1. The van der Waals surface area contributed by atoms with Gasteiger partial charge in [-0.1, -0.05) is 0 Å². The summed E-state index contributed by atoms with van der Waals surface area (Å²) in [4.78, 5) is 27.3. The smallest absolute Gasteiger partial charge is 0.272 e. The summed E-state index contributed by atoms with van der Waals surface area (Å²) in [5.74, 6) is 1.35. The first kappa shape index (κ1) is 17.4. The number of carbonyl (C=O) groups excluding carboxylic acids is 1. The van der Waals surface area contributed by atoms with Crippen molar-refractivity contribution in [3.63, 3.8) is 0 Å². The SMILES string of the molecule is Cc1cnc(C(C)(C)NC(=O)c2cnc(C3CC3)c(OCC3CC3)n2)s1. The van der Waals surface area contributed by atoms with Crippen LogP contribution in [0.1, 0.15) is 71.5 Å². The summed E-state index contributed by atoms with van der Waals surface area (Å²) >= 11 is 1.58. The molecule has 0 spiro atoms. The minimum Gasteiger partial charge on any atom is -0.476 e. The molecule has 0 saturated heterocycles. The fourth-order valence-electron chi connectivity index (χ4n) is 2.76. The summed E-state index contributed by atoms with van der Waals surface area (Å²) in [6.45, 7) is 6.56. The minimum atomic E-state index is -0.568. The number of ether oxygens (including phenoxy) is 1. The summed E-state index contributed by atoms with van der Waals surface area (Å²) in [5, 5.41) is 3.89. The number of amides is 1. The predicted octanol–water partition coefficient (Wildman–Crippen LogP) is 3.57. The third kappa shape index (κ3) is 3.87. The molecule has 2 heterocycles. The lowest BCUT2D eigenvalue weighted by Gasteiger charge is -2.23. The third-order valence-corrected chi connectivity index (χ3v) is 5.93. The molecule has 26 heavy (non-hydrogen) atoms. The lowest BCUT2D eigenvalue weighted by atomic mass is 10.1. The van der Waals surface area contributed by atoms with E-state index in [-0.39, 0.29) is 5.91 Å². The number of hydrogen-bond acceptors (Lipinski definition) is 6. The summed E-state index contributed by atoms with van der Waals surface area (Å²) in [7, 11) is 0. The van der Waals surface area contributed by atoms with E-state index in [2.05, 4.69) is 20.3 Å². The highest BCUT2D eigenvalue weighted by molar-refractivity contribution is 7.11. The number of nitrogens with one attached hydrogen (secondary N) is 1. The summed E-state index contributed by atoms with van der Waals surface area (Å²) in [6.07, 6.45) is 8.06. The first-order chi connectivity index (χ1) is 12.4. The molecule has 0 aliphatic heterocycles. The molecule has 2 fully saturated rings. The van der Waals surface area contributed by atoms with E-state index in [9.17, 15) is 4.79 Å². The Balaban J connectivity index is 1.52. The molecule has 0 atom stereocenters. The number of carbonyl (C=O) groups is 1. The Labute approximate surface area is 157 Å². The van der Waals surface area contributed by atoms with E-state index in [1.807, 2.05) is 27.0 Å². The van der Waals surface area contributed by atoms with Gasteiger partial charge in [-0.05, 0) is 52.4 Å². The highest BCUT2D eigenvalue weighted by Crippen LogP contribution is 2.43. The van der Waals surface area contributed by atoms with Gasteiger partial charge in [0.05, 0.1) is 18.3 Å². The lowest BCUT2D eigenvalue weighted by molar-refractivity contribution is 0.0905. The van der Waals surface area contributed by atoms with Gasteiger partial charge in [0.25, 0.3) is 5.91 Å². The second-order valence-electron chi connectivity index (χ2n) is 7.83. The van der Waals surface area contributed by atoms with Gasteiger partial charge in [0.1, 0.15) is 10.7 Å². The Morgan fingerprint density at radius 3 is 2.65 bits per heavy atom. The van der Waals surface area contributed by atoms with Crippen LogP contribution in [0.4, 0.5) is 0 Å². The average molecular weight is 372 g/mol. The fourth-order valence-corrected chi connectivity index (χ4v) is 3.58. The van der Waals surface area contributed by atoms with Gasteiger partial charge >= 0.3 is 0 Å². The zero-order valence-corrected chi connectivity index (χ0v) is 16.2. The number of aromatic nitrogens is 3. The van der Waals surface area contributed by atoms with Crippen molar-refractivity contribution in [1.82, 2.24) is 20.3 Å². The van der Waals surface area contributed by atoms with E-state index in [0.717, 1.165) is 28.4 Å². The number of rotatable bonds is 7. The Kier molecular flexibility index (Phi) is 4.42. The number of hydrogen-bond donors (Lipinski definition) is 1. The first-order valence-corrected chi connectivity index (χ1v) is 9.99. The van der Waals surface area contributed by atoms with Gasteiger partial charge in [0.2, 0.25) is 5.88 Å². The third-order valence-electron chi connectivity index (χ3n) is 4.70. The largest absolute Gasteiger partial charge is 0.476 e. The molecule has 138 valence electrons. The summed E-state index contributed by atoms with van der Waals surface area (Å²) in [5.41, 5.74) is 0.626. The van der Waals surface area contributed by atoms with Crippen LogP contribution in [0.3, 0.4) is 0 Å². The Hall–Kier alpha value is -2.02. The monoisotopic (exact) mass is 372 g/mol. The van der Waals surface area contributed by atoms with E-state index >= 15 is 0 Å². The van der Waals surface area contributed by atoms with Crippen LogP contribution in [-0.2, 0) is 5.54 Å². The van der Waals surface area contributed by atoms with Crippen LogP contribution in [0.5, 0.6) is 5.88 Å². The molecule has 2 aliphatic rings. The van der Waals surface area contributed by atoms with E-state index in [0.29, 0.717) is 30.0 Å². The van der Waals surface area contributed by atoms with Crippen molar-refractivity contribution in [3.8, 4) is 5.88 Å². The predicted molar refractivity (Wildman–Crippen MR) is 99.6 cm³/mol. The van der Waals surface area contributed by atoms with E-state index in [1.54, 1.807) is 17.5 Å². The second kappa shape index (κ2) is 6.61. The molecule has 1 N–H and O–H groups in total. The maximum atomic E-state index is 12.7. The number of nitrogens with zero attached hydrogens (tertiary/aromatic N) is 3. The van der Waals surface area contributed by atoms with Crippen molar-refractivity contribution in [2.24, 2.45) is 5.92 Å². The van der Waals surface area contributed by atoms with Crippen LogP contribution in [0, 0.1) is 12.8 Å². The average Bonchev–Trinajstić information content (AvgIpc) is 3.51. The Morgan fingerprint density at radius 1 is 1.27 bits per heavy atom. The van der Waals surface area contributed by atoms with Crippen LogP contribution in [0.15, 0.2) is 12.4 Å². The van der Waals surface area contributed by atoms with Crippen LogP contribution >= 0.6 is 11.3 Å². The Morgan fingerprint density at radius 2 is 2.04 bits per heavy atom. The molecule has 2 saturated carbocycles. The zero-order valence-electron chi connectivity index (χ0n) is 15.4. The normalized spacial score (nSPS) is 17.2. The maximum Gasteiger partial charge on any atom is 0.272 e. The fraction of sp³-hybridized carbons (Fsp3) is 0.579. The molecular weight excluding hydrogens is 348 g/mol. The highest BCUT2D eigenvalue weighted by Gasteiger charge is 2.32. The van der Waals surface area contributed by atoms with Crippen LogP contribution in [0.25, 0.3) is 0 Å². The van der Waals surface area contributed by atoms with Gasteiger partial charge in [-0.15, -0.1) is 11.3 Å². The van der Waals surface area contributed by atoms with E-state index in [4.69, 9.17) is 4.74 Å². The van der Waals surface area contributed by atoms with Crippen molar-refractivity contribution < 1.29 is 9.53 Å². The maximum absolute atomic E-state index is 12.7. The molecule has 4 rings (SSSR count). The molecule has 7 heteroatoms. The topological polar surface area (TPSA) is 77.0 Å². The van der Waals surface area contributed by atoms with Crippen molar-refractivity contribution in [2.45, 2.75) is 57.9 Å². The quantitative estimate of drug-likeness (QED) is 0.804. The molecule has 6 nitrogen and oxygen atoms in total. The Bertz CT molecular complexity index is 825. The van der Waals surface area contributed by atoms with Gasteiger partial charge < -0.3 is 10.1 Å². The van der Waals surface area contributed by atoms with Crippen molar-refractivity contribution in [1.29, 1.82) is 0 Å². The minimum absolute atomic E-state index is 0.256. The standard InChI is InChI=1S/C19H24N4O2S/c1-11-8-21-18(26-11)19(2,3)23-16(24)14-9-20-15(13-6-7-13)17(22-14)25-10-12-4-5-12/h8-9,12-13H,4-7,10H2,1-3H3,(H,23,24). The molecule has 2 aromatic heterocycles.